The van der Waals surface area contributed by atoms with E-state index in [1.54, 1.807) is 37.4 Å². The Kier molecular flexibility index (Phi) is 5.05. The Morgan fingerprint density at radius 1 is 1.06 bits per heavy atom. The Morgan fingerprint density at radius 2 is 1.84 bits per heavy atom. The largest absolute Gasteiger partial charge is 0.486 e. The molecular formula is C22H17N3O4S2. The molecule has 0 spiro atoms. The van der Waals surface area contributed by atoms with Gasteiger partial charge in [-0.2, -0.15) is 0 Å². The fourth-order valence-corrected chi connectivity index (χ4v) is 4.89. The lowest BCUT2D eigenvalue weighted by Gasteiger charge is -2.19. The fraction of sp³-hybridized carbons (Fsp3) is 0.136. The van der Waals surface area contributed by atoms with Gasteiger partial charge in [-0.25, -0.2) is 4.98 Å². The number of benzene rings is 2. The second-order valence-electron chi connectivity index (χ2n) is 6.80. The van der Waals surface area contributed by atoms with Crippen molar-refractivity contribution in [3.8, 4) is 11.5 Å². The fourth-order valence-electron chi connectivity index (χ4n) is 3.32. The molecule has 0 aliphatic carbocycles. The highest BCUT2D eigenvalue weighted by Crippen LogP contribution is 2.38. The van der Waals surface area contributed by atoms with Crippen molar-refractivity contribution in [3.63, 3.8) is 0 Å². The van der Waals surface area contributed by atoms with E-state index in [2.05, 4.69) is 10.3 Å². The number of nitrogens with zero attached hydrogens (tertiary/aromatic N) is 2. The predicted octanol–water partition coefficient (Wildman–Crippen LogP) is 4.66. The zero-order valence-electron chi connectivity index (χ0n) is 16.5. The summed E-state index contributed by atoms with van der Waals surface area (Å²) in [6.45, 7) is 1.01. The number of rotatable bonds is 4. The monoisotopic (exact) mass is 451 g/mol. The number of fused-ring (bicyclic) bond motifs is 2. The summed E-state index contributed by atoms with van der Waals surface area (Å²) in [5.41, 5.74) is 1.64. The molecule has 3 heterocycles. The topological polar surface area (TPSA) is 80.8 Å². The Balaban J connectivity index is 1.41. The van der Waals surface area contributed by atoms with Crippen LogP contribution in [0.4, 0.5) is 10.8 Å². The summed E-state index contributed by atoms with van der Waals surface area (Å²) in [5, 5.41) is 5.17. The van der Waals surface area contributed by atoms with Gasteiger partial charge < -0.3 is 14.4 Å². The van der Waals surface area contributed by atoms with E-state index in [0.717, 1.165) is 10.2 Å². The van der Waals surface area contributed by atoms with Crippen molar-refractivity contribution in [2.75, 3.05) is 30.5 Å². The molecule has 2 amide bonds. The number of nitrogens with one attached hydrogen (secondary N) is 1. The van der Waals surface area contributed by atoms with E-state index in [9.17, 15) is 9.59 Å². The summed E-state index contributed by atoms with van der Waals surface area (Å²) in [6.07, 6.45) is 0. The average molecular weight is 452 g/mol. The molecule has 0 saturated heterocycles. The maximum atomic E-state index is 13.1. The number of aromatic nitrogens is 1. The minimum Gasteiger partial charge on any atom is -0.486 e. The van der Waals surface area contributed by atoms with E-state index >= 15 is 0 Å². The molecule has 0 fully saturated rings. The van der Waals surface area contributed by atoms with Crippen LogP contribution in [0.5, 0.6) is 11.5 Å². The van der Waals surface area contributed by atoms with E-state index in [1.807, 2.05) is 23.6 Å². The van der Waals surface area contributed by atoms with Crippen LogP contribution < -0.4 is 19.7 Å². The quantitative estimate of drug-likeness (QED) is 0.488. The van der Waals surface area contributed by atoms with E-state index in [1.165, 1.54) is 27.6 Å². The average Bonchev–Trinajstić information content (AvgIpc) is 3.46. The van der Waals surface area contributed by atoms with Crippen LogP contribution in [0.2, 0.25) is 0 Å². The predicted molar refractivity (Wildman–Crippen MR) is 122 cm³/mol. The normalized spacial score (nSPS) is 12.5. The molecule has 1 N–H and O–H groups in total. The molecule has 1 aliphatic heterocycles. The molecule has 5 rings (SSSR count). The maximum Gasteiger partial charge on any atom is 0.268 e. The van der Waals surface area contributed by atoms with Crippen LogP contribution in [-0.2, 0) is 0 Å². The van der Waals surface area contributed by atoms with Gasteiger partial charge in [0.1, 0.15) is 13.2 Å². The van der Waals surface area contributed by atoms with Gasteiger partial charge >= 0.3 is 0 Å². The SMILES string of the molecule is CN(C(=O)c1cccs1)c1ccccc1C(=O)Nc1nc2cc3c(cc2s1)OCCO3. The van der Waals surface area contributed by atoms with Crippen LogP contribution in [0.25, 0.3) is 10.2 Å². The highest BCUT2D eigenvalue weighted by atomic mass is 32.1. The van der Waals surface area contributed by atoms with Crippen molar-refractivity contribution in [1.29, 1.82) is 0 Å². The first-order valence-corrected chi connectivity index (χ1v) is 11.2. The maximum absolute atomic E-state index is 13.1. The van der Waals surface area contributed by atoms with E-state index in [0.29, 0.717) is 46.0 Å². The molecule has 4 aromatic rings. The number of ether oxygens (including phenoxy) is 2. The highest BCUT2D eigenvalue weighted by Gasteiger charge is 2.21. The lowest BCUT2D eigenvalue weighted by molar-refractivity contribution is 0.0996. The van der Waals surface area contributed by atoms with E-state index < -0.39 is 0 Å². The Bertz CT molecular complexity index is 1240. The van der Waals surface area contributed by atoms with Gasteiger partial charge in [0.05, 0.1) is 26.3 Å². The van der Waals surface area contributed by atoms with Crippen molar-refractivity contribution in [1.82, 2.24) is 4.98 Å². The van der Waals surface area contributed by atoms with Gasteiger partial charge in [-0.1, -0.05) is 29.5 Å². The molecule has 7 nitrogen and oxygen atoms in total. The first-order chi connectivity index (χ1) is 15.1. The summed E-state index contributed by atoms with van der Waals surface area (Å²) < 4.78 is 12.1. The zero-order chi connectivity index (χ0) is 21.4. The Morgan fingerprint density at radius 3 is 2.61 bits per heavy atom. The van der Waals surface area contributed by atoms with Crippen molar-refractivity contribution >= 4 is 55.5 Å². The minimum absolute atomic E-state index is 0.166. The van der Waals surface area contributed by atoms with Gasteiger partial charge in [-0.05, 0) is 23.6 Å². The van der Waals surface area contributed by atoms with Crippen molar-refractivity contribution in [2.24, 2.45) is 0 Å². The molecule has 9 heteroatoms. The number of thiophene rings is 1. The summed E-state index contributed by atoms with van der Waals surface area (Å²) in [6, 6.07) is 14.3. The minimum atomic E-state index is -0.335. The third-order valence-corrected chi connectivity index (χ3v) is 6.61. The number of anilines is 2. The lowest BCUT2D eigenvalue weighted by Crippen LogP contribution is -2.28. The second kappa shape index (κ2) is 8.01. The number of amides is 2. The molecule has 2 aromatic heterocycles. The molecule has 0 radical (unpaired) electrons. The molecule has 0 atom stereocenters. The number of carbonyl (C=O) groups excluding carboxylic acids is 2. The highest BCUT2D eigenvalue weighted by molar-refractivity contribution is 7.22. The van der Waals surface area contributed by atoms with Crippen molar-refractivity contribution < 1.29 is 19.1 Å². The number of para-hydroxylation sites is 1. The number of carbonyl (C=O) groups is 2. The number of hydrogen-bond acceptors (Lipinski definition) is 7. The van der Waals surface area contributed by atoms with Crippen LogP contribution in [0, 0.1) is 0 Å². The van der Waals surface area contributed by atoms with Crippen LogP contribution in [0.15, 0.2) is 53.9 Å². The number of thiazole rings is 1. The molecule has 1 aliphatic rings. The second-order valence-corrected chi connectivity index (χ2v) is 8.77. The molecule has 31 heavy (non-hydrogen) atoms. The van der Waals surface area contributed by atoms with Crippen molar-refractivity contribution in [3.05, 3.63) is 64.4 Å². The van der Waals surface area contributed by atoms with Gasteiger partial charge in [0, 0.05) is 19.2 Å². The zero-order valence-corrected chi connectivity index (χ0v) is 18.1. The van der Waals surface area contributed by atoms with E-state index in [-0.39, 0.29) is 11.8 Å². The third kappa shape index (κ3) is 3.73. The van der Waals surface area contributed by atoms with Crippen LogP contribution in [0.3, 0.4) is 0 Å². The molecule has 156 valence electrons. The summed E-state index contributed by atoms with van der Waals surface area (Å²) in [4.78, 5) is 32.4. The van der Waals surface area contributed by atoms with Crippen LogP contribution >= 0.6 is 22.7 Å². The lowest BCUT2D eigenvalue weighted by atomic mass is 10.1. The van der Waals surface area contributed by atoms with Gasteiger partial charge in [-0.15, -0.1) is 11.3 Å². The smallest absolute Gasteiger partial charge is 0.268 e. The van der Waals surface area contributed by atoms with Crippen LogP contribution in [0.1, 0.15) is 20.0 Å². The first kappa shape index (κ1) is 19.5. The van der Waals surface area contributed by atoms with E-state index in [4.69, 9.17) is 9.47 Å². The van der Waals surface area contributed by atoms with Gasteiger partial charge in [0.2, 0.25) is 0 Å². The molecule has 2 aromatic carbocycles. The van der Waals surface area contributed by atoms with Crippen molar-refractivity contribution in [2.45, 2.75) is 0 Å². The van der Waals surface area contributed by atoms with Gasteiger partial charge in [0.15, 0.2) is 16.6 Å². The Hall–Kier alpha value is -3.43. The summed E-state index contributed by atoms with van der Waals surface area (Å²) >= 11 is 2.72. The number of hydrogen-bond donors (Lipinski definition) is 1. The molecular weight excluding hydrogens is 434 g/mol. The molecule has 0 bridgehead atoms. The van der Waals surface area contributed by atoms with Gasteiger partial charge in [-0.3, -0.25) is 14.9 Å². The molecule has 0 unspecified atom stereocenters. The first-order valence-electron chi connectivity index (χ1n) is 9.52. The third-order valence-electron chi connectivity index (χ3n) is 4.82. The Labute approximate surface area is 185 Å². The molecule has 0 saturated carbocycles. The van der Waals surface area contributed by atoms with Gasteiger partial charge in [0.25, 0.3) is 11.8 Å². The summed E-state index contributed by atoms with van der Waals surface area (Å²) in [5.74, 6) is 0.832. The summed E-state index contributed by atoms with van der Waals surface area (Å²) in [7, 11) is 1.66. The standard InChI is InChI=1S/C22H17N3O4S2/c1-25(21(27)18-7-4-10-30-18)15-6-3-2-5-13(15)20(26)24-22-23-14-11-16-17(12-19(14)31-22)29-9-8-28-16/h2-7,10-12H,8-9H2,1H3,(H,23,24,26). The van der Waals surface area contributed by atoms with Crippen LogP contribution in [-0.4, -0.2) is 37.1 Å².